The quantitative estimate of drug-likeness (QED) is 0.340. The van der Waals surface area contributed by atoms with Crippen LogP contribution in [0.3, 0.4) is 0 Å². The molecule has 3 rings (SSSR count). The van der Waals surface area contributed by atoms with Crippen LogP contribution in [-0.2, 0) is 6.18 Å². The molecule has 0 aliphatic rings. The van der Waals surface area contributed by atoms with Gasteiger partial charge in [0.2, 0.25) is 0 Å². The van der Waals surface area contributed by atoms with Gasteiger partial charge < -0.3 is 10.1 Å². The van der Waals surface area contributed by atoms with Crippen LogP contribution in [0.1, 0.15) is 73.8 Å². The molecule has 8 nitrogen and oxygen atoms in total. The molecule has 0 bridgehead atoms. The minimum absolute atomic E-state index is 0.00180. The number of ether oxygens (including phenoxy) is 1. The SMILES string of the molecule is CCC(=O)c1ncnc(C(=O)C[C@H](C)c2ncc(C(=O)Nc3ccc(Cl)c(C(F)(F)F)c3)s2)c1OC. The van der Waals surface area contributed by atoms with Crippen LogP contribution < -0.4 is 10.1 Å². The molecule has 0 spiro atoms. The molecule has 1 N–H and O–H groups in total. The van der Waals surface area contributed by atoms with Crippen molar-refractivity contribution in [1.29, 1.82) is 0 Å². The molecule has 0 saturated carbocycles. The van der Waals surface area contributed by atoms with Crippen molar-refractivity contribution in [3.8, 4) is 5.75 Å². The van der Waals surface area contributed by atoms with E-state index in [0.29, 0.717) is 5.01 Å². The number of hydrogen-bond donors (Lipinski definition) is 1. The number of Topliss-reactive ketones (excluding diaryl/α,β-unsaturated/α-hetero) is 2. The van der Waals surface area contributed by atoms with E-state index in [0.717, 1.165) is 29.8 Å². The van der Waals surface area contributed by atoms with E-state index < -0.39 is 34.4 Å². The number of benzene rings is 1. The van der Waals surface area contributed by atoms with E-state index in [-0.39, 0.29) is 46.3 Å². The van der Waals surface area contributed by atoms with Crippen LogP contribution in [-0.4, -0.2) is 39.5 Å². The van der Waals surface area contributed by atoms with Crippen LogP contribution in [0, 0.1) is 0 Å². The summed E-state index contributed by atoms with van der Waals surface area (Å²) < 4.78 is 44.4. The van der Waals surface area contributed by atoms with Gasteiger partial charge in [-0.3, -0.25) is 14.4 Å². The molecule has 1 amide bonds. The molecule has 3 aromatic rings. The summed E-state index contributed by atoms with van der Waals surface area (Å²) in [5, 5.41) is 2.37. The fraction of sp³-hybridized carbons (Fsp3) is 0.304. The van der Waals surface area contributed by atoms with E-state index in [1.807, 2.05) is 0 Å². The van der Waals surface area contributed by atoms with Crippen molar-refractivity contribution in [2.45, 2.75) is 38.8 Å². The third-order valence-electron chi connectivity index (χ3n) is 5.05. The molecular weight excluding hydrogens is 521 g/mol. The Bertz CT molecular complexity index is 1310. The highest BCUT2D eigenvalue weighted by atomic mass is 35.5. The molecular formula is C23H20ClF3N4O4S. The number of hydrogen-bond acceptors (Lipinski definition) is 8. The first kappa shape index (κ1) is 27.2. The Kier molecular flexibility index (Phi) is 8.41. The van der Waals surface area contributed by atoms with Crippen LogP contribution in [0.5, 0.6) is 5.75 Å². The number of amides is 1. The summed E-state index contributed by atoms with van der Waals surface area (Å²) >= 11 is 6.61. The lowest BCUT2D eigenvalue weighted by Crippen LogP contribution is -2.13. The average Bonchev–Trinajstić information content (AvgIpc) is 3.34. The first-order valence-electron chi connectivity index (χ1n) is 10.5. The Morgan fingerprint density at radius 1 is 1.14 bits per heavy atom. The Balaban J connectivity index is 1.73. The predicted molar refractivity (Wildman–Crippen MR) is 127 cm³/mol. The molecule has 0 aliphatic carbocycles. The van der Waals surface area contributed by atoms with Crippen LogP contribution in [0.4, 0.5) is 18.9 Å². The second-order valence-corrected chi connectivity index (χ2v) is 9.09. The van der Waals surface area contributed by atoms with Gasteiger partial charge in [0, 0.05) is 24.4 Å². The van der Waals surface area contributed by atoms with Crippen LogP contribution in [0.15, 0.2) is 30.7 Å². The second kappa shape index (κ2) is 11.1. The number of aromatic nitrogens is 3. The minimum Gasteiger partial charge on any atom is -0.492 e. The molecule has 1 atom stereocenters. The number of carbonyl (C=O) groups is 3. The molecule has 0 unspecified atom stereocenters. The Morgan fingerprint density at radius 3 is 2.42 bits per heavy atom. The van der Waals surface area contributed by atoms with Gasteiger partial charge >= 0.3 is 6.18 Å². The smallest absolute Gasteiger partial charge is 0.417 e. The van der Waals surface area contributed by atoms with E-state index in [1.165, 1.54) is 19.4 Å². The van der Waals surface area contributed by atoms with Crippen molar-refractivity contribution in [3.05, 3.63) is 62.6 Å². The predicted octanol–water partition coefficient (Wildman–Crippen LogP) is 5.84. The van der Waals surface area contributed by atoms with Gasteiger partial charge in [0.15, 0.2) is 28.7 Å². The Morgan fingerprint density at radius 2 is 1.81 bits per heavy atom. The standard InChI is InChI=1S/C23H20ClF3N4O4S/c1-4-15(32)18-20(35-3)19(30-10-29-18)16(33)7-11(2)22-28-9-17(36-22)21(34)31-12-5-6-14(24)13(8-12)23(25,26)27/h5-6,8-11H,4,7H2,1-3H3,(H,31,34)/t11-/m0/s1. The zero-order chi connectivity index (χ0) is 26.6. The zero-order valence-electron chi connectivity index (χ0n) is 19.3. The normalized spacial score (nSPS) is 12.2. The van der Waals surface area contributed by atoms with Gasteiger partial charge in [-0.05, 0) is 18.2 Å². The number of ketones is 2. The van der Waals surface area contributed by atoms with Crippen molar-refractivity contribution in [3.63, 3.8) is 0 Å². The molecule has 0 fully saturated rings. The number of methoxy groups -OCH3 is 1. The van der Waals surface area contributed by atoms with Crippen LogP contribution in [0.2, 0.25) is 5.02 Å². The monoisotopic (exact) mass is 540 g/mol. The fourth-order valence-electron chi connectivity index (χ4n) is 3.23. The lowest BCUT2D eigenvalue weighted by atomic mass is 10.0. The van der Waals surface area contributed by atoms with Crippen LogP contribution in [0.25, 0.3) is 0 Å². The molecule has 0 saturated heterocycles. The maximum absolute atomic E-state index is 13.1. The van der Waals surface area contributed by atoms with Crippen molar-refractivity contribution in [1.82, 2.24) is 15.0 Å². The molecule has 36 heavy (non-hydrogen) atoms. The van der Waals surface area contributed by atoms with Crippen molar-refractivity contribution in [2.75, 3.05) is 12.4 Å². The third-order valence-corrected chi connectivity index (χ3v) is 6.60. The van der Waals surface area contributed by atoms with Crippen molar-refractivity contribution < 1.29 is 32.3 Å². The first-order chi connectivity index (χ1) is 17.0. The van der Waals surface area contributed by atoms with E-state index in [4.69, 9.17) is 16.3 Å². The zero-order valence-corrected chi connectivity index (χ0v) is 20.8. The van der Waals surface area contributed by atoms with E-state index in [9.17, 15) is 27.6 Å². The molecule has 0 radical (unpaired) electrons. The number of anilines is 1. The number of thiazole rings is 1. The summed E-state index contributed by atoms with van der Waals surface area (Å²) in [6.45, 7) is 3.38. The van der Waals surface area contributed by atoms with Gasteiger partial charge in [-0.1, -0.05) is 25.4 Å². The van der Waals surface area contributed by atoms with Crippen molar-refractivity contribution in [2.24, 2.45) is 0 Å². The summed E-state index contributed by atoms with van der Waals surface area (Å²) in [6, 6.07) is 3.05. The number of rotatable bonds is 9. The molecule has 190 valence electrons. The topological polar surface area (TPSA) is 111 Å². The maximum atomic E-state index is 13.1. The maximum Gasteiger partial charge on any atom is 0.417 e. The summed E-state index contributed by atoms with van der Waals surface area (Å²) in [6.07, 6.45) is -2.15. The summed E-state index contributed by atoms with van der Waals surface area (Å²) in [5.41, 5.74) is -1.16. The van der Waals surface area contributed by atoms with Crippen LogP contribution >= 0.6 is 22.9 Å². The number of halogens is 4. The summed E-state index contributed by atoms with van der Waals surface area (Å²) in [7, 11) is 1.31. The van der Waals surface area contributed by atoms with E-state index in [2.05, 4.69) is 20.3 Å². The Labute approximate surface area is 212 Å². The van der Waals surface area contributed by atoms with Gasteiger partial charge in [0.1, 0.15) is 11.2 Å². The third kappa shape index (κ3) is 6.05. The molecule has 13 heteroatoms. The van der Waals surface area contributed by atoms with Crippen molar-refractivity contribution >= 4 is 46.1 Å². The minimum atomic E-state index is -4.67. The van der Waals surface area contributed by atoms with Gasteiger partial charge in [-0.2, -0.15) is 13.2 Å². The highest BCUT2D eigenvalue weighted by Gasteiger charge is 2.33. The summed E-state index contributed by atoms with van der Waals surface area (Å²) in [5.74, 6) is -1.79. The molecule has 1 aromatic carbocycles. The summed E-state index contributed by atoms with van der Waals surface area (Å²) in [4.78, 5) is 49.8. The lowest BCUT2D eigenvalue weighted by molar-refractivity contribution is -0.137. The number of alkyl halides is 3. The second-order valence-electron chi connectivity index (χ2n) is 7.62. The molecule has 2 aromatic heterocycles. The number of nitrogens with zero attached hydrogens (tertiary/aromatic N) is 3. The van der Waals surface area contributed by atoms with E-state index in [1.54, 1.807) is 13.8 Å². The van der Waals surface area contributed by atoms with Gasteiger partial charge in [0.05, 0.1) is 28.9 Å². The highest BCUT2D eigenvalue weighted by Crippen LogP contribution is 2.36. The highest BCUT2D eigenvalue weighted by molar-refractivity contribution is 7.13. The van der Waals surface area contributed by atoms with E-state index >= 15 is 0 Å². The average molecular weight is 541 g/mol. The largest absolute Gasteiger partial charge is 0.492 e. The first-order valence-corrected chi connectivity index (χ1v) is 11.7. The lowest BCUT2D eigenvalue weighted by Gasteiger charge is -2.12. The molecule has 0 aliphatic heterocycles. The Hall–Kier alpha value is -3.38. The fourth-order valence-corrected chi connectivity index (χ4v) is 4.32. The van der Waals surface area contributed by atoms with Gasteiger partial charge in [0.25, 0.3) is 5.91 Å². The van der Waals surface area contributed by atoms with Gasteiger partial charge in [-0.15, -0.1) is 11.3 Å². The number of nitrogens with one attached hydrogen (secondary N) is 1. The molecule has 2 heterocycles. The number of carbonyl (C=O) groups excluding carboxylic acids is 3. The van der Waals surface area contributed by atoms with Gasteiger partial charge in [-0.25, -0.2) is 15.0 Å².